The summed E-state index contributed by atoms with van der Waals surface area (Å²) in [5.74, 6) is -0.575. The second kappa shape index (κ2) is 10.6. The molecule has 5 nitrogen and oxygen atoms in total. The van der Waals surface area contributed by atoms with Crippen LogP contribution in [0.2, 0.25) is 5.02 Å². The number of carbonyl (C=O) groups is 2. The Morgan fingerprint density at radius 1 is 1.00 bits per heavy atom. The first-order chi connectivity index (χ1) is 16.0. The van der Waals surface area contributed by atoms with Crippen molar-refractivity contribution in [2.24, 2.45) is 0 Å². The minimum Gasteiger partial charge on any atom is -0.350 e. The molecule has 1 aromatic heterocycles. The molecule has 168 valence electrons. The van der Waals surface area contributed by atoms with Crippen molar-refractivity contribution in [1.29, 1.82) is 0 Å². The number of amides is 2. The number of hydrogen-bond acceptors (Lipinski definition) is 3. The highest BCUT2D eigenvalue weighted by Gasteiger charge is 2.12. The molecule has 0 aliphatic carbocycles. The number of anilines is 1. The molecule has 0 saturated carbocycles. The number of rotatable bonds is 8. The van der Waals surface area contributed by atoms with Crippen LogP contribution in [0, 0.1) is 5.82 Å². The summed E-state index contributed by atoms with van der Waals surface area (Å²) >= 11 is 7.29. The van der Waals surface area contributed by atoms with E-state index in [9.17, 15) is 14.0 Å². The number of benzene rings is 3. The predicted molar refractivity (Wildman–Crippen MR) is 131 cm³/mol. The molecule has 0 radical (unpaired) electrons. The number of aromatic nitrogens is 1. The maximum atomic E-state index is 13.3. The first-order valence-corrected chi connectivity index (χ1v) is 11.7. The van der Waals surface area contributed by atoms with Crippen molar-refractivity contribution in [2.45, 2.75) is 11.4 Å². The van der Waals surface area contributed by atoms with Crippen molar-refractivity contribution in [2.75, 3.05) is 17.6 Å². The zero-order valence-electron chi connectivity index (χ0n) is 17.6. The van der Waals surface area contributed by atoms with E-state index in [-0.39, 0.29) is 17.6 Å². The van der Waals surface area contributed by atoms with Crippen LogP contribution < -0.4 is 10.6 Å². The monoisotopic (exact) mass is 481 g/mol. The first-order valence-electron chi connectivity index (χ1n) is 10.3. The van der Waals surface area contributed by atoms with E-state index in [4.69, 9.17) is 11.6 Å². The Kier molecular flexibility index (Phi) is 7.32. The standard InChI is InChI=1S/C25H21ClFN3O2S/c26-18-10-8-17(9-11-18)25(32)28-12-13-30-15-23(21-6-1-2-7-22(21)30)33-16-24(31)29-20-5-3-4-19(27)14-20/h1-11,14-15H,12-13,16H2,(H,28,32)(H,29,31). The predicted octanol–water partition coefficient (Wildman–Crippen LogP) is 5.59. The Bertz CT molecular complexity index is 1290. The fraction of sp³-hybridized carbons (Fsp3) is 0.120. The van der Waals surface area contributed by atoms with Gasteiger partial charge in [-0.15, -0.1) is 11.8 Å². The average molecular weight is 482 g/mol. The third-order valence-electron chi connectivity index (χ3n) is 4.96. The Balaban J connectivity index is 1.38. The van der Waals surface area contributed by atoms with E-state index in [0.29, 0.717) is 29.4 Å². The van der Waals surface area contributed by atoms with Crippen LogP contribution in [0.5, 0.6) is 0 Å². The summed E-state index contributed by atoms with van der Waals surface area (Å²) < 4.78 is 15.4. The van der Waals surface area contributed by atoms with Gasteiger partial charge in [-0.05, 0) is 48.5 Å². The summed E-state index contributed by atoms with van der Waals surface area (Å²) in [5.41, 5.74) is 2.00. The van der Waals surface area contributed by atoms with E-state index in [0.717, 1.165) is 15.8 Å². The Labute approximate surface area is 199 Å². The van der Waals surface area contributed by atoms with Crippen LogP contribution in [0.15, 0.2) is 83.9 Å². The number of nitrogens with zero attached hydrogens (tertiary/aromatic N) is 1. The van der Waals surface area contributed by atoms with Crippen LogP contribution in [0.25, 0.3) is 10.9 Å². The molecule has 3 aromatic carbocycles. The molecular formula is C25H21ClFN3O2S. The normalized spacial score (nSPS) is 10.8. The zero-order valence-corrected chi connectivity index (χ0v) is 19.1. The molecule has 0 atom stereocenters. The summed E-state index contributed by atoms with van der Waals surface area (Å²) in [5, 5.41) is 7.25. The molecule has 0 spiro atoms. The van der Waals surface area contributed by atoms with Gasteiger partial charge in [0.15, 0.2) is 0 Å². The molecule has 8 heteroatoms. The fourth-order valence-corrected chi connectivity index (χ4v) is 4.43. The van der Waals surface area contributed by atoms with Crippen LogP contribution >= 0.6 is 23.4 Å². The van der Waals surface area contributed by atoms with E-state index in [1.165, 1.54) is 23.9 Å². The molecule has 2 N–H and O–H groups in total. The number of thioether (sulfide) groups is 1. The van der Waals surface area contributed by atoms with Crippen LogP contribution in [0.4, 0.5) is 10.1 Å². The van der Waals surface area contributed by atoms with E-state index < -0.39 is 5.82 Å². The SMILES string of the molecule is O=C(CSc1cn(CCNC(=O)c2ccc(Cl)cc2)c2ccccc12)Nc1cccc(F)c1. The number of para-hydroxylation sites is 1. The van der Waals surface area contributed by atoms with Gasteiger partial charge >= 0.3 is 0 Å². The van der Waals surface area contributed by atoms with Crippen LogP contribution in [0.3, 0.4) is 0 Å². The van der Waals surface area contributed by atoms with Crippen LogP contribution in [-0.2, 0) is 11.3 Å². The van der Waals surface area contributed by atoms with Gasteiger partial charge in [-0.1, -0.05) is 35.9 Å². The smallest absolute Gasteiger partial charge is 0.251 e. The quantitative estimate of drug-likeness (QED) is 0.322. The highest BCUT2D eigenvalue weighted by Crippen LogP contribution is 2.30. The molecule has 4 aromatic rings. The van der Waals surface area contributed by atoms with E-state index in [1.807, 2.05) is 30.5 Å². The molecule has 0 aliphatic rings. The Morgan fingerprint density at radius 2 is 1.79 bits per heavy atom. The van der Waals surface area contributed by atoms with Gasteiger partial charge < -0.3 is 15.2 Å². The van der Waals surface area contributed by atoms with Gasteiger partial charge in [-0.25, -0.2) is 4.39 Å². The number of nitrogens with one attached hydrogen (secondary N) is 2. The van der Waals surface area contributed by atoms with Crippen molar-refractivity contribution in [1.82, 2.24) is 9.88 Å². The van der Waals surface area contributed by atoms with E-state index >= 15 is 0 Å². The largest absolute Gasteiger partial charge is 0.350 e. The summed E-state index contributed by atoms with van der Waals surface area (Å²) in [6.45, 7) is 1.03. The summed E-state index contributed by atoms with van der Waals surface area (Å²) in [7, 11) is 0. The number of hydrogen-bond donors (Lipinski definition) is 2. The number of fused-ring (bicyclic) bond motifs is 1. The molecule has 4 rings (SSSR count). The maximum absolute atomic E-state index is 13.3. The maximum Gasteiger partial charge on any atom is 0.251 e. The van der Waals surface area contributed by atoms with Gasteiger partial charge in [0.05, 0.1) is 5.75 Å². The molecule has 0 saturated heterocycles. The summed E-state index contributed by atoms with van der Waals surface area (Å²) in [4.78, 5) is 25.6. The van der Waals surface area contributed by atoms with E-state index in [1.54, 1.807) is 36.4 Å². The molecule has 1 heterocycles. The molecule has 0 unspecified atom stereocenters. The topological polar surface area (TPSA) is 63.1 Å². The van der Waals surface area contributed by atoms with Crippen LogP contribution in [-0.4, -0.2) is 28.7 Å². The number of halogens is 2. The second-order valence-electron chi connectivity index (χ2n) is 7.31. The molecule has 33 heavy (non-hydrogen) atoms. The van der Waals surface area contributed by atoms with Gasteiger partial charge in [0.2, 0.25) is 5.91 Å². The Morgan fingerprint density at radius 3 is 2.58 bits per heavy atom. The van der Waals surface area contributed by atoms with Crippen molar-refractivity contribution < 1.29 is 14.0 Å². The third-order valence-corrected chi connectivity index (χ3v) is 6.26. The molecule has 2 amide bonds. The zero-order chi connectivity index (χ0) is 23.2. The van der Waals surface area contributed by atoms with Crippen molar-refractivity contribution in [3.63, 3.8) is 0 Å². The number of carbonyl (C=O) groups excluding carboxylic acids is 2. The Hall–Kier alpha value is -3.29. The van der Waals surface area contributed by atoms with Crippen molar-refractivity contribution in [3.8, 4) is 0 Å². The second-order valence-corrected chi connectivity index (χ2v) is 8.77. The van der Waals surface area contributed by atoms with E-state index in [2.05, 4.69) is 15.2 Å². The van der Waals surface area contributed by atoms with Gasteiger partial charge in [-0.2, -0.15) is 0 Å². The first kappa shape index (κ1) is 22.9. The third kappa shape index (κ3) is 5.94. The lowest BCUT2D eigenvalue weighted by Crippen LogP contribution is -2.27. The summed E-state index contributed by atoms with van der Waals surface area (Å²) in [6.07, 6.45) is 1.99. The van der Waals surface area contributed by atoms with Crippen molar-refractivity contribution >= 4 is 51.8 Å². The minimum atomic E-state index is -0.397. The van der Waals surface area contributed by atoms with Crippen molar-refractivity contribution in [3.05, 3.63) is 95.4 Å². The minimum absolute atomic E-state index is 0.160. The van der Waals surface area contributed by atoms with Gasteiger partial charge in [-0.3, -0.25) is 9.59 Å². The lowest BCUT2D eigenvalue weighted by molar-refractivity contribution is -0.113. The molecular weight excluding hydrogens is 461 g/mol. The molecule has 0 bridgehead atoms. The lowest BCUT2D eigenvalue weighted by atomic mass is 10.2. The fourth-order valence-electron chi connectivity index (χ4n) is 3.41. The average Bonchev–Trinajstić information content (AvgIpc) is 3.16. The highest BCUT2D eigenvalue weighted by molar-refractivity contribution is 8.00. The van der Waals surface area contributed by atoms with Gasteiger partial charge in [0.25, 0.3) is 5.91 Å². The van der Waals surface area contributed by atoms with Crippen LogP contribution in [0.1, 0.15) is 10.4 Å². The lowest BCUT2D eigenvalue weighted by Gasteiger charge is -2.08. The van der Waals surface area contributed by atoms with Gasteiger partial charge in [0.1, 0.15) is 5.82 Å². The van der Waals surface area contributed by atoms with Gasteiger partial charge in [0, 0.05) is 51.4 Å². The molecule has 0 fully saturated rings. The highest BCUT2D eigenvalue weighted by atomic mass is 35.5. The summed E-state index contributed by atoms with van der Waals surface area (Å²) in [6, 6.07) is 20.5. The molecule has 0 aliphatic heterocycles.